The Labute approximate surface area is 154 Å². The van der Waals surface area contributed by atoms with Crippen LogP contribution in [-0.4, -0.2) is 23.7 Å². The molecule has 6 heteroatoms. The van der Waals surface area contributed by atoms with Crippen molar-refractivity contribution in [3.63, 3.8) is 0 Å². The Kier molecular flexibility index (Phi) is 6.04. The second kappa shape index (κ2) is 8.65. The Morgan fingerprint density at radius 1 is 1.15 bits per heavy atom. The first-order valence-electron chi connectivity index (χ1n) is 9.27. The van der Waals surface area contributed by atoms with Gasteiger partial charge in [0.15, 0.2) is 0 Å². The molecule has 1 fully saturated rings. The highest BCUT2D eigenvalue weighted by Gasteiger charge is 2.20. The number of benzene rings is 1. The smallest absolute Gasteiger partial charge is 0.226 e. The first-order valence-corrected chi connectivity index (χ1v) is 9.27. The maximum absolute atomic E-state index is 12.2. The number of allylic oxidation sites excluding steroid dienone is 1. The number of hydrogen-bond donors (Lipinski definition) is 3. The summed E-state index contributed by atoms with van der Waals surface area (Å²) in [5, 5.41) is 10.1. The lowest BCUT2D eigenvalue weighted by molar-refractivity contribution is -0.121. The summed E-state index contributed by atoms with van der Waals surface area (Å²) in [7, 11) is 0. The minimum Gasteiger partial charge on any atom is -0.331 e. The highest BCUT2D eigenvalue weighted by molar-refractivity contribution is 5.97. The van der Waals surface area contributed by atoms with Crippen molar-refractivity contribution in [2.75, 3.05) is 5.32 Å². The van der Waals surface area contributed by atoms with Gasteiger partial charge >= 0.3 is 0 Å². The van der Waals surface area contributed by atoms with Gasteiger partial charge in [-0.25, -0.2) is 0 Å². The predicted octanol–water partition coefficient (Wildman–Crippen LogP) is 2.73. The number of hydrazone groups is 1. The van der Waals surface area contributed by atoms with Crippen LogP contribution in [0.1, 0.15) is 44.6 Å². The number of amides is 2. The van der Waals surface area contributed by atoms with Crippen LogP contribution in [0, 0.1) is 5.92 Å². The Hall–Kier alpha value is -2.63. The molecule has 1 atom stereocenters. The highest BCUT2D eigenvalue weighted by Crippen LogP contribution is 2.25. The molecule has 0 bridgehead atoms. The molecule has 138 valence electrons. The number of carbonyl (C=O) groups excluding carboxylic acids is 2. The minimum atomic E-state index is -0.270. The molecule has 6 nitrogen and oxygen atoms in total. The highest BCUT2D eigenvalue weighted by atomic mass is 16.2. The Morgan fingerprint density at radius 3 is 2.50 bits per heavy atom. The van der Waals surface area contributed by atoms with Gasteiger partial charge in [0.05, 0.1) is 12.1 Å². The van der Waals surface area contributed by atoms with Gasteiger partial charge in [-0.3, -0.25) is 15.0 Å². The van der Waals surface area contributed by atoms with E-state index in [1.54, 1.807) is 12.1 Å². The number of nitrogens with zero attached hydrogens (tertiary/aromatic N) is 1. The summed E-state index contributed by atoms with van der Waals surface area (Å²) in [5.74, 6) is 0.362. The van der Waals surface area contributed by atoms with E-state index in [4.69, 9.17) is 0 Å². The van der Waals surface area contributed by atoms with Crippen LogP contribution >= 0.6 is 0 Å². The Morgan fingerprint density at radius 2 is 1.88 bits per heavy atom. The van der Waals surface area contributed by atoms with Gasteiger partial charge < -0.3 is 10.6 Å². The summed E-state index contributed by atoms with van der Waals surface area (Å²) < 4.78 is 0. The third-order valence-electron chi connectivity index (χ3n) is 4.77. The third kappa shape index (κ3) is 5.18. The lowest BCUT2D eigenvalue weighted by Crippen LogP contribution is -2.44. The molecule has 26 heavy (non-hydrogen) atoms. The molecular formula is C20H26N4O2. The maximum atomic E-state index is 12.2. The number of nitrogens with one attached hydrogen (secondary N) is 3. The number of anilines is 1. The molecule has 0 spiro atoms. The monoisotopic (exact) mass is 354 g/mol. The first-order chi connectivity index (χ1) is 12.6. The lowest BCUT2D eigenvalue weighted by atomic mass is 9.85. The van der Waals surface area contributed by atoms with Crippen molar-refractivity contribution in [3.05, 3.63) is 42.0 Å². The van der Waals surface area contributed by atoms with Gasteiger partial charge in [-0.15, -0.1) is 0 Å². The van der Waals surface area contributed by atoms with Crippen LogP contribution in [0.15, 0.2) is 41.5 Å². The van der Waals surface area contributed by atoms with Crippen molar-refractivity contribution in [2.24, 2.45) is 11.0 Å². The normalized spacial score (nSPS) is 20.0. The second-order valence-corrected chi connectivity index (χ2v) is 6.96. The van der Waals surface area contributed by atoms with Crippen LogP contribution in [0.5, 0.6) is 0 Å². The van der Waals surface area contributed by atoms with E-state index in [9.17, 15) is 9.59 Å². The van der Waals surface area contributed by atoms with Crippen molar-refractivity contribution in [2.45, 2.75) is 51.6 Å². The van der Waals surface area contributed by atoms with Crippen LogP contribution in [-0.2, 0) is 16.0 Å². The van der Waals surface area contributed by atoms with Crippen molar-refractivity contribution in [3.8, 4) is 0 Å². The van der Waals surface area contributed by atoms with E-state index in [0.717, 1.165) is 17.0 Å². The summed E-state index contributed by atoms with van der Waals surface area (Å²) in [5.41, 5.74) is 5.75. The average molecular weight is 354 g/mol. The van der Waals surface area contributed by atoms with Crippen molar-refractivity contribution < 1.29 is 9.59 Å². The molecule has 2 amide bonds. The largest absolute Gasteiger partial charge is 0.331 e. The van der Waals surface area contributed by atoms with Gasteiger partial charge in [0.1, 0.15) is 6.17 Å². The third-order valence-corrected chi connectivity index (χ3v) is 4.77. The van der Waals surface area contributed by atoms with Gasteiger partial charge in [0, 0.05) is 18.5 Å². The van der Waals surface area contributed by atoms with Crippen LogP contribution in [0.2, 0.25) is 0 Å². The summed E-state index contributed by atoms with van der Waals surface area (Å²) in [6.45, 7) is 1.47. The van der Waals surface area contributed by atoms with E-state index in [-0.39, 0.29) is 24.4 Å². The van der Waals surface area contributed by atoms with E-state index in [1.165, 1.54) is 39.0 Å². The van der Waals surface area contributed by atoms with Crippen LogP contribution in [0.4, 0.5) is 5.69 Å². The maximum Gasteiger partial charge on any atom is 0.226 e. The first kappa shape index (κ1) is 18.2. The quantitative estimate of drug-likeness (QED) is 0.760. The second-order valence-electron chi connectivity index (χ2n) is 6.96. The van der Waals surface area contributed by atoms with Gasteiger partial charge in [-0.1, -0.05) is 31.4 Å². The van der Waals surface area contributed by atoms with Crippen LogP contribution in [0.25, 0.3) is 0 Å². The summed E-state index contributed by atoms with van der Waals surface area (Å²) >= 11 is 0. The fourth-order valence-electron chi connectivity index (χ4n) is 3.44. The molecule has 2 aliphatic rings. The molecule has 1 saturated carbocycles. The van der Waals surface area contributed by atoms with Crippen LogP contribution < -0.4 is 16.1 Å². The molecule has 0 aromatic heterocycles. The SMILES string of the molecule is CC(=O)Nc1ccc(CC(=O)NC2C=CC(C3CCCCC3)=NN2)cc1. The van der Waals surface area contributed by atoms with E-state index >= 15 is 0 Å². The lowest BCUT2D eigenvalue weighted by Gasteiger charge is -2.25. The summed E-state index contributed by atoms with van der Waals surface area (Å²) in [6, 6.07) is 7.27. The Bertz CT molecular complexity index is 703. The topological polar surface area (TPSA) is 82.6 Å². The molecule has 3 N–H and O–H groups in total. The molecule has 1 aromatic rings. The van der Waals surface area contributed by atoms with Gasteiger partial charge in [-0.2, -0.15) is 5.10 Å². The van der Waals surface area contributed by atoms with Crippen molar-refractivity contribution in [1.82, 2.24) is 10.7 Å². The summed E-state index contributed by atoms with van der Waals surface area (Å²) in [6.07, 6.45) is 10.3. The predicted molar refractivity (Wildman–Crippen MR) is 103 cm³/mol. The summed E-state index contributed by atoms with van der Waals surface area (Å²) in [4.78, 5) is 23.2. The number of hydrogen-bond acceptors (Lipinski definition) is 4. The molecule has 1 unspecified atom stereocenters. The van der Waals surface area contributed by atoms with E-state index in [0.29, 0.717) is 5.92 Å². The molecule has 3 rings (SSSR count). The van der Waals surface area contributed by atoms with Crippen molar-refractivity contribution in [1.29, 1.82) is 0 Å². The molecule has 0 radical (unpaired) electrons. The molecular weight excluding hydrogens is 328 g/mol. The molecule has 1 aliphatic carbocycles. The van der Waals surface area contributed by atoms with Gasteiger partial charge in [0.2, 0.25) is 11.8 Å². The Balaban J connectivity index is 1.46. The zero-order chi connectivity index (χ0) is 18.4. The molecule has 1 heterocycles. The zero-order valence-electron chi connectivity index (χ0n) is 15.1. The zero-order valence-corrected chi connectivity index (χ0v) is 15.1. The fraction of sp³-hybridized carbons (Fsp3) is 0.450. The standard InChI is InChI=1S/C20H26N4O2/c1-14(25)21-17-9-7-15(8-10-17)13-20(26)22-19-12-11-18(23-24-19)16-5-3-2-4-6-16/h7-12,16,19,24H,2-6,13H2,1H3,(H,21,25)(H,22,26). The van der Waals surface area contributed by atoms with Crippen LogP contribution in [0.3, 0.4) is 0 Å². The van der Waals surface area contributed by atoms with E-state index in [1.807, 2.05) is 24.3 Å². The van der Waals surface area contributed by atoms with Crippen molar-refractivity contribution >= 4 is 23.2 Å². The number of carbonyl (C=O) groups is 2. The number of rotatable bonds is 5. The fourth-order valence-corrected chi connectivity index (χ4v) is 3.44. The molecule has 1 aliphatic heterocycles. The van der Waals surface area contributed by atoms with E-state index in [2.05, 4.69) is 21.2 Å². The average Bonchev–Trinajstić information content (AvgIpc) is 2.64. The van der Waals surface area contributed by atoms with Gasteiger partial charge in [0.25, 0.3) is 0 Å². The van der Waals surface area contributed by atoms with E-state index < -0.39 is 0 Å². The minimum absolute atomic E-state index is 0.0734. The molecule has 0 saturated heterocycles. The molecule has 1 aromatic carbocycles. The van der Waals surface area contributed by atoms with Gasteiger partial charge in [-0.05, 0) is 42.7 Å².